The zero-order valence-electron chi connectivity index (χ0n) is 24.8. The standard InChI is InChI=1S/C30H52N2O8S/c1-19-9-11-21(22(13-19)18-39-36)17-38-32-24-6-3-7-25(15-24)40-41(37)26-8-4-5-23(16-26)31-29(33)27-12-10-20(2)14-28(27)30(34)35/h19-28,32,36H,3-18H2,1-2H3,(H,31,33)(H,34,35). The Labute approximate surface area is 247 Å². The van der Waals surface area contributed by atoms with E-state index in [2.05, 4.69) is 22.6 Å². The Morgan fingerprint density at radius 3 is 2.32 bits per heavy atom. The number of hydrogen-bond donors (Lipinski definition) is 4. The summed E-state index contributed by atoms with van der Waals surface area (Å²) >= 11 is -1.45. The van der Waals surface area contributed by atoms with Crippen molar-refractivity contribution >= 4 is 23.0 Å². The molecule has 0 aromatic rings. The second-order valence-electron chi connectivity index (χ2n) is 13.5. The molecule has 4 saturated carbocycles. The molecule has 11 heteroatoms. The average Bonchev–Trinajstić information content (AvgIpc) is 2.94. The molecule has 236 valence electrons. The van der Waals surface area contributed by atoms with Gasteiger partial charge in [-0.3, -0.25) is 19.0 Å². The summed E-state index contributed by atoms with van der Waals surface area (Å²) in [4.78, 5) is 35.2. The van der Waals surface area contributed by atoms with Gasteiger partial charge >= 0.3 is 5.97 Å². The summed E-state index contributed by atoms with van der Waals surface area (Å²) in [6.07, 6.45) is 11.8. The van der Waals surface area contributed by atoms with Gasteiger partial charge in [0.15, 0.2) is 11.1 Å². The molecule has 0 spiro atoms. The first-order valence-electron chi connectivity index (χ1n) is 16.0. The molecule has 4 aliphatic rings. The number of hydrogen-bond acceptors (Lipinski definition) is 8. The second kappa shape index (κ2) is 16.1. The summed E-state index contributed by atoms with van der Waals surface area (Å²) < 4.78 is 19.3. The molecule has 1 amide bonds. The van der Waals surface area contributed by atoms with Crippen LogP contribution in [-0.4, -0.2) is 63.1 Å². The van der Waals surface area contributed by atoms with E-state index in [-0.39, 0.29) is 29.3 Å². The normalized spacial score (nSPS) is 39.1. The quantitative estimate of drug-likeness (QED) is 0.187. The van der Waals surface area contributed by atoms with Crippen LogP contribution in [0, 0.1) is 35.5 Å². The van der Waals surface area contributed by atoms with Gasteiger partial charge in [-0.25, -0.2) is 9.10 Å². The second-order valence-corrected chi connectivity index (χ2v) is 14.8. The van der Waals surface area contributed by atoms with Crippen molar-refractivity contribution in [3.8, 4) is 0 Å². The number of nitrogens with one attached hydrogen (secondary N) is 2. The molecule has 4 aliphatic carbocycles. The van der Waals surface area contributed by atoms with Crippen molar-refractivity contribution in [2.75, 3.05) is 13.2 Å². The monoisotopic (exact) mass is 600 g/mol. The highest BCUT2D eigenvalue weighted by Gasteiger charge is 2.40. The minimum atomic E-state index is -1.45. The molecule has 10 nitrogen and oxygen atoms in total. The predicted molar refractivity (Wildman–Crippen MR) is 155 cm³/mol. The third-order valence-electron chi connectivity index (χ3n) is 10.1. The van der Waals surface area contributed by atoms with Crippen molar-refractivity contribution < 1.29 is 38.1 Å². The van der Waals surface area contributed by atoms with E-state index in [0.717, 1.165) is 70.6 Å². The van der Waals surface area contributed by atoms with Crippen molar-refractivity contribution in [1.29, 1.82) is 0 Å². The Bertz CT molecular complexity index is 877. The maximum atomic E-state index is 13.2. The molecule has 0 heterocycles. The van der Waals surface area contributed by atoms with Gasteiger partial charge in [-0.2, -0.15) is 5.48 Å². The van der Waals surface area contributed by atoms with Crippen LogP contribution >= 0.6 is 0 Å². The van der Waals surface area contributed by atoms with E-state index in [1.165, 1.54) is 0 Å². The third-order valence-corrected chi connectivity index (χ3v) is 11.5. The zero-order chi connectivity index (χ0) is 29.4. The smallest absolute Gasteiger partial charge is 0.307 e. The SMILES string of the molecule is CC1CCC(CONC2CCCC(OS(=O)C3CCCC(NC(=O)C4CCC(C)CC4C(=O)O)C3)C2)C(COO)C1. The lowest BCUT2D eigenvalue weighted by Gasteiger charge is -2.35. The number of hydroxylamine groups is 1. The summed E-state index contributed by atoms with van der Waals surface area (Å²) in [5.74, 6) is -0.569. The van der Waals surface area contributed by atoms with Crippen LogP contribution in [0.25, 0.3) is 0 Å². The van der Waals surface area contributed by atoms with Crippen LogP contribution in [0.2, 0.25) is 0 Å². The van der Waals surface area contributed by atoms with Crippen molar-refractivity contribution in [2.45, 2.75) is 127 Å². The highest BCUT2D eigenvalue weighted by Crippen LogP contribution is 2.36. The van der Waals surface area contributed by atoms with Crippen molar-refractivity contribution in [2.24, 2.45) is 35.5 Å². The fourth-order valence-electron chi connectivity index (χ4n) is 7.63. The van der Waals surface area contributed by atoms with Crippen molar-refractivity contribution in [3.05, 3.63) is 0 Å². The van der Waals surface area contributed by atoms with E-state index in [9.17, 15) is 18.9 Å². The number of carbonyl (C=O) groups is 2. The number of carbonyl (C=O) groups excluding carboxylic acids is 1. The van der Waals surface area contributed by atoms with E-state index >= 15 is 0 Å². The van der Waals surface area contributed by atoms with Gasteiger partial charge in [0.25, 0.3) is 0 Å². The van der Waals surface area contributed by atoms with Gasteiger partial charge in [0.2, 0.25) is 5.91 Å². The van der Waals surface area contributed by atoms with Crippen LogP contribution in [-0.2, 0) is 34.6 Å². The first-order valence-corrected chi connectivity index (χ1v) is 17.1. The summed E-state index contributed by atoms with van der Waals surface area (Å²) in [6, 6.07) is 0.0409. The number of carboxylic acids is 1. The van der Waals surface area contributed by atoms with Crippen LogP contribution in [0.3, 0.4) is 0 Å². The highest BCUT2D eigenvalue weighted by atomic mass is 32.2. The first kappa shape index (κ1) is 32.8. The van der Waals surface area contributed by atoms with Gasteiger partial charge in [-0.05, 0) is 101 Å². The van der Waals surface area contributed by atoms with Gasteiger partial charge in [-0.15, -0.1) is 0 Å². The lowest BCUT2D eigenvalue weighted by atomic mass is 9.74. The first-order chi connectivity index (χ1) is 19.7. The summed E-state index contributed by atoms with van der Waals surface area (Å²) in [5.41, 5.74) is 3.23. The molecular formula is C30H52N2O8S. The molecule has 0 aliphatic heterocycles. The Kier molecular flexibility index (Phi) is 12.9. The van der Waals surface area contributed by atoms with Crippen LogP contribution in [0.5, 0.6) is 0 Å². The molecule has 0 saturated heterocycles. The van der Waals surface area contributed by atoms with E-state index in [4.69, 9.17) is 14.3 Å². The predicted octanol–water partition coefficient (Wildman–Crippen LogP) is 4.61. The summed E-state index contributed by atoms with van der Waals surface area (Å²) in [5, 5.41) is 21.6. The van der Waals surface area contributed by atoms with Crippen molar-refractivity contribution in [3.63, 3.8) is 0 Å². The van der Waals surface area contributed by atoms with E-state index in [0.29, 0.717) is 56.1 Å². The lowest BCUT2D eigenvalue weighted by Crippen LogP contribution is -2.47. The van der Waals surface area contributed by atoms with Gasteiger partial charge in [-0.1, -0.05) is 26.7 Å². The molecule has 11 atom stereocenters. The molecule has 4 rings (SSSR count). The molecule has 4 N–H and O–H groups in total. The number of rotatable bonds is 12. The van der Waals surface area contributed by atoms with Gasteiger partial charge in [0.05, 0.1) is 36.4 Å². The van der Waals surface area contributed by atoms with E-state index in [1.54, 1.807) is 0 Å². The maximum Gasteiger partial charge on any atom is 0.307 e. The minimum Gasteiger partial charge on any atom is -0.481 e. The van der Waals surface area contributed by atoms with E-state index in [1.807, 2.05) is 6.92 Å². The highest BCUT2D eigenvalue weighted by molar-refractivity contribution is 7.80. The fourth-order valence-corrected chi connectivity index (χ4v) is 8.98. The van der Waals surface area contributed by atoms with Gasteiger partial charge < -0.3 is 15.3 Å². The third kappa shape index (κ3) is 9.69. The minimum absolute atomic E-state index is 0.0976. The maximum absolute atomic E-state index is 13.2. The Hall–Kier alpha value is -1.11. The fraction of sp³-hybridized carbons (Fsp3) is 0.933. The van der Waals surface area contributed by atoms with Crippen LogP contribution in [0.4, 0.5) is 0 Å². The topological polar surface area (TPSA) is 143 Å². The number of aliphatic carboxylic acids is 1. The average molecular weight is 601 g/mol. The lowest BCUT2D eigenvalue weighted by molar-refractivity contribution is -0.257. The van der Waals surface area contributed by atoms with Gasteiger partial charge in [0.1, 0.15) is 0 Å². The molecule has 41 heavy (non-hydrogen) atoms. The zero-order valence-corrected chi connectivity index (χ0v) is 25.7. The summed E-state index contributed by atoms with van der Waals surface area (Å²) in [6.45, 7) is 5.21. The molecular weight excluding hydrogens is 548 g/mol. The molecule has 11 unspecified atom stereocenters. The van der Waals surface area contributed by atoms with Gasteiger partial charge in [0, 0.05) is 12.1 Å². The van der Waals surface area contributed by atoms with E-state index < -0.39 is 28.9 Å². The Balaban J connectivity index is 1.19. The Morgan fingerprint density at radius 2 is 1.54 bits per heavy atom. The van der Waals surface area contributed by atoms with Crippen LogP contribution in [0.15, 0.2) is 0 Å². The summed E-state index contributed by atoms with van der Waals surface area (Å²) in [7, 11) is 0. The molecule has 0 aromatic carbocycles. The molecule has 0 radical (unpaired) electrons. The largest absolute Gasteiger partial charge is 0.481 e. The van der Waals surface area contributed by atoms with Crippen molar-refractivity contribution in [1.82, 2.24) is 10.8 Å². The Morgan fingerprint density at radius 1 is 0.805 bits per heavy atom. The number of carboxylic acid groups (broad SMARTS) is 1. The van der Waals surface area contributed by atoms with Crippen LogP contribution in [0.1, 0.15) is 104 Å². The molecule has 0 aromatic heterocycles. The molecule has 4 fully saturated rings. The number of amides is 1. The molecule has 0 bridgehead atoms. The van der Waals surface area contributed by atoms with Crippen LogP contribution < -0.4 is 10.8 Å².